The van der Waals surface area contributed by atoms with E-state index in [1.807, 2.05) is 7.05 Å². The summed E-state index contributed by atoms with van der Waals surface area (Å²) >= 11 is 0. The molecule has 0 fully saturated rings. The smallest absolute Gasteiger partial charge is 0.256 e. The molecular weight excluding hydrogens is 192 g/mol. The summed E-state index contributed by atoms with van der Waals surface area (Å²) in [4.78, 5) is 0. The van der Waals surface area contributed by atoms with E-state index < -0.39 is 0 Å². The molecule has 0 saturated heterocycles. The first-order valence-corrected chi connectivity index (χ1v) is 4.97. The Hall–Kier alpha value is -1.36. The summed E-state index contributed by atoms with van der Waals surface area (Å²) < 4.78 is 6.96. The summed E-state index contributed by atoms with van der Waals surface area (Å²) in [5.74, 6) is 0. The van der Waals surface area contributed by atoms with Gasteiger partial charge < -0.3 is 10.3 Å². The van der Waals surface area contributed by atoms with Gasteiger partial charge in [0.15, 0.2) is 0 Å². The van der Waals surface area contributed by atoms with E-state index in [0.717, 1.165) is 16.8 Å². The second kappa shape index (κ2) is 3.06. The van der Waals surface area contributed by atoms with Crippen LogP contribution in [-0.4, -0.2) is 14.9 Å². The highest BCUT2D eigenvalue weighted by molar-refractivity contribution is 5.80. The normalized spacial score (nSPS) is 12.6. The number of aromatic nitrogens is 3. The first-order valence-electron chi connectivity index (χ1n) is 4.97. The van der Waals surface area contributed by atoms with Crippen LogP contribution in [-0.2, 0) is 19.0 Å². The van der Waals surface area contributed by atoms with E-state index >= 15 is 0 Å². The van der Waals surface area contributed by atoms with Crippen molar-refractivity contribution in [2.24, 2.45) is 12.8 Å². The Balaban J connectivity index is 2.77. The molecule has 82 valence electrons. The average Bonchev–Trinajstić information content (AvgIpc) is 2.65. The van der Waals surface area contributed by atoms with Crippen LogP contribution in [0.25, 0.3) is 11.1 Å². The van der Waals surface area contributed by atoms with Gasteiger partial charge in [-0.3, -0.25) is 0 Å². The highest BCUT2D eigenvalue weighted by Gasteiger charge is 2.26. The molecule has 2 aromatic heterocycles. The predicted octanol–water partition coefficient (Wildman–Crippen LogP) is 1.32. The maximum atomic E-state index is 5.66. The minimum Gasteiger partial charge on any atom is -0.336 e. The minimum atomic E-state index is -0.0573. The van der Waals surface area contributed by atoms with Crippen molar-refractivity contribution in [1.29, 1.82) is 0 Å². The lowest BCUT2D eigenvalue weighted by molar-refractivity contribution is 0.402. The fourth-order valence-electron chi connectivity index (χ4n) is 1.69. The summed E-state index contributed by atoms with van der Waals surface area (Å²) in [6.45, 7) is 6.69. The summed E-state index contributed by atoms with van der Waals surface area (Å²) in [5, 5.41) is 9.37. The molecule has 0 atom stereocenters. The molecule has 0 aliphatic carbocycles. The zero-order chi connectivity index (χ0) is 11.2. The average molecular weight is 208 g/mol. The molecule has 0 spiro atoms. The maximum Gasteiger partial charge on any atom is 0.256 e. The van der Waals surface area contributed by atoms with Crippen molar-refractivity contribution in [3.05, 3.63) is 11.4 Å². The molecule has 0 aromatic carbocycles. The number of hydrogen-bond donors (Lipinski definition) is 1. The molecule has 2 heterocycles. The van der Waals surface area contributed by atoms with Crippen LogP contribution in [0, 0.1) is 0 Å². The van der Waals surface area contributed by atoms with Crippen molar-refractivity contribution in [1.82, 2.24) is 14.9 Å². The lowest BCUT2D eigenvalue weighted by atomic mass is 9.90. The Morgan fingerprint density at radius 2 is 2.07 bits per heavy atom. The van der Waals surface area contributed by atoms with Gasteiger partial charge in [-0.2, -0.15) is 5.10 Å². The zero-order valence-corrected chi connectivity index (χ0v) is 9.53. The second-order valence-electron chi connectivity index (χ2n) is 4.74. The van der Waals surface area contributed by atoms with Crippen molar-refractivity contribution in [3.63, 3.8) is 0 Å². The molecule has 0 aliphatic rings. The van der Waals surface area contributed by atoms with Crippen molar-refractivity contribution < 1.29 is 4.52 Å². The van der Waals surface area contributed by atoms with Crippen molar-refractivity contribution >= 4 is 11.1 Å². The van der Waals surface area contributed by atoms with Crippen molar-refractivity contribution in [2.45, 2.75) is 32.7 Å². The summed E-state index contributed by atoms with van der Waals surface area (Å²) in [7, 11) is 1.83. The first kappa shape index (κ1) is 10.2. The Bertz CT molecular complexity index is 489. The molecule has 2 aromatic rings. The Morgan fingerprint density at radius 3 is 2.60 bits per heavy atom. The topological polar surface area (TPSA) is 69.9 Å². The molecule has 5 nitrogen and oxygen atoms in total. The zero-order valence-electron chi connectivity index (χ0n) is 9.53. The van der Waals surface area contributed by atoms with Gasteiger partial charge in [-0.25, -0.2) is 4.68 Å². The third-order valence-corrected chi connectivity index (χ3v) is 2.43. The standard InChI is InChI=1S/C10H16N4O/c1-10(2,3)8-7-6(5-11)12-14(4)9(7)15-13-8/h5,11H2,1-4H3. The molecule has 0 aliphatic heterocycles. The SMILES string of the molecule is Cn1nc(CN)c2c(C(C)(C)C)noc21. The van der Waals surface area contributed by atoms with Gasteiger partial charge in [-0.05, 0) is 0 Å². The lowest BCUT2D eigenvalue weighted by Gasteiger charge is -2.14. The summed E-state index contributed by atoms with van der Waals surface area (Å²) in [6.07, 6.45) is 0. The van der Waals surface area contributed by atoms with Gasteiger partial charge in [-0.15, -0.1) is 0 Å². The quantitative estimate of drug-likeness (QED) is 0.767. The molecule has 0 saturated carbocycles. The fraction of sp³-hybridized carbons (Fsp3) is 0.600. The molecule has 5 heteroatoms. The van der Waals surface area contributed by atoms with Crippen LogP contribution in [0.15, 0.2) is 4.52 Å². The first-order chi connectivity index (χ1) is 6.95. The van der Waals surface area contributed by atoms with Gasteiger partial charge in [0, 0.05) is 19.0 Å². The minimum absolute atomic E-state index is 0.0573. The Morgan fingerprint density at radius 1 is 1.40 bits per heavy atom. The van der Waals surface area contributed by atoms with Gasteiger partial charge in [0.2, 0.25) is 0 Å². The number of fused-ring (bicyclic) bond motifs is 1. The number of nitrogens with two attached hydrogens (primary N) is 1. The van der Waals surface area contributed by atoms with Crippen LogP contribution in [0.2, 0.25) is 0 Å². The Kier molecular flexibility index (Phi) is 2.08. The van der Waals surface area contributed by atoms with Crippen molar-refractivity contribution in [3.8, 4) is 0 Å². The number of rotatable bonds is 1. The predicted molar refractivity (Wildman–Crippen MR) is 57.4 cm³/mol. The second-order valence-corrected chi connectivity index (χ2v) is 4.74. The van der Waals surface area contributed by atoms with E-state index in [9.17, 15) is 0 Å². The van der Waals surface area contributed by atoms with Crippen LogP contribution in [0.4, 0.5) is 0 Å². The van der Waals surface area contributed by atoms with Gasteiger partial charge >= 0.3 is 0 Å². The van der Waals surface area contributed by atoms with Gasteiger partial charge in [-0.1, -0.05) is 25.9 Å². The van der Waals surface area contributed by atoms with Crippen LogP contribution >= 0.6 is 0 Å². The molecule has 0 bridgehead atoms. The molecule has 0 unspecified atom stereocenters. The van der Waals surface area contributed by atoms with E-state index in [1.165, 1.54) is 0 Å². The van der Waals surface area contributed by atoms with E-state index in [0.29, 0.717) is 12.3 Å². The van der Waals surface area contributed by atoms with Crippen LogP contribution in [0.1, 0.15) is 32.2 Å². The Labute approximate surface area is 88.2 Å². The molecule has 0 amide bonds. The summed E-state index contributed by atoms with van der Waals surface area (Å²) in [6, 6.07) is 0. The van der Waals surface area contributed by atoms with E-state index in [1.54, 1.807) is 4.68 Å². The highest BCUT2D eigenvalue weighted by Crippen LogP contribution is 2.30. The molecule has 2 rings (SSSR count). The van der Waals surface area contributed by atoms with E-state index in [2.05, 4.69) is 31.0 Å². The molecular formula is C10H16N4O. The van der Waals surface area contributed by atoms with Gasteiger partial charge in [0.25, 0.3) is 5.71 Å². The lowest BCUT2D eigenvalue weighted by Crippen LogP contribution is -2.12. The van der Waals surface area contributed by atoms with Gasteiger partial charge in [0.1, 0.15) is 5.69 Å². The van der Waals surface area contributed by atoms with Crippen LogP contribution < -0.4 is 5.73 Å². The number of nitrogens with zero attached hydrogens (tertiary/aromatic N) is 3. The molecule has 2 N–H and O–H groups in total. The molecule has 0 radical (unpaired) electrons. The largest absolute Gasteiger partial charge is 0.336 e. The van der Waals surface area contributed by atoms with E-state index in [-0.39, 0.29) is 5.41 Å². The number of aryl methyl sites for hydroxylation is 1. The van der Waals surface area contributed by atoms with Crippen molar-refractivity contribution in [2.75, 3.05) is 0 Å². The maximum absolute atomic E-state index is 5.66. The van der Waals surface area contributed by atoms with E-state index in [4.69, 9.17) is 10.3 Å². The fourth-order valence-corrected chi connectivity index (χ4v) is 1.69. The van der Waals surface area contributed by atoms with Crippen LogP contribution in [0.5, 0.6) is 0 Å². The molecule has 15 heavy (non-hydrogen) atoms. The number of hydrogen-bond acceptors (Lipinski definition) is 4. The highest BCUT2D eigenvalue weighted by atomic mass is 16.5. The third kappa shape index (κ3) is 1.43. The van der Waals surface area contributed by atoms with Gasteiger partial charge in [0.05, 0.1) is 11.1 Å². The third-order valence-electron chi connectivity index (χ3n) is 2.43. The monoisotopic (exact) mass is 208 g/mol. The van der Waals surface area contributed by atoms with Crippen LogP contribution in [0.3, 0.4) is 0 Å². The summed E-state index contributed by atoms with van der Waals surface area (Å²) in [5.41, 5.74) is 8.06.